The molecule has 7 heteroatoms. The molecular weight excluding hydrogens is 237 g/mol. The lowest BCUT2D eigenvalue weighted by atomic mass is 10.1. The zero-order valence-electron chi connectivity index (χ0n) is 8.61. The topological polar surface area (TPSA) is 53.4 Å². The fourth-order valence-electron chi connectivity index (χ4n) is 1.47. The van der Waals surface area contributed by atoms with Gasteiger partial charge in [-0.05, 0) is 12.1 Å². The molecule has 0 aromatic carbocycles. The number of β-amino-alcohol motifs (C(OH)–C–C–N with tert-alkyl or cyclic N) is 1. The van der Waals surface area contributed by atoms with Crippen molar-refractivity contribution < 1.29 is 23.1 Å². The zero-order valence-corrected chi connectivity index (χ0v) is 8.61. The van der Waals surface area contributed by atoms with Gasteiger partial charge in [-0.15, -0.1) is 0 Å². The van der Waals surface area contributed by atoms with Crippen LogP contribution in [-0.4, -0.2) is 40.1 Å². The van der Waals surface area contributed by atoms with Crippen molar-refractivity contribution in [1.29, 1.82) is 0 Å². The molecule has 0 unspecified atom stereocenters. The molecule has 1 aromatic heterocycles. The monoisotopic (exact) mass is 246 g/mol. The minimum atomic E-state index is -4.46. The fraction of sp³-hybridized carbons (Fsp3) is 0.400. The zero-order chi connectivity index (χ0) is 12.6. The maximum atomic E-state index is 12.2. The highest BCUT2D eigenvalue weighted by atomic mass is 19.4. The number of carbonyl (C=O) groups is 1. The number of alkyl halides is 3. The van der Waals surface area contributed by atoms with E-state index in [9.17, 15) is 18.0 Å². The summed E-state index contributed by atoms with van der Waals surface area (Å²) in [6.07, 6.45) is -4.38. The minimum Gasteiger partial charge on any atom is -0.389 e. The van der Waals surface area contributed by atoms with E-state index >= 15 is 0 Å². The van der Waals surface area contributed by atoms with Gasteiger partial charge in [0.05, 0.1) is 11.7 Å². The summed E-state index contributed by atoms with van der Waals surface area (Å²) in [5.74, 6) is -0.468. The first-order valence-electron chi connectivity index (χ1n) is 4.88. The highest BCUT2D eigenvalue weighted by molar-refractivity contribution is 5.92. The average molecular weight is 246 g/mol. The second-order valence-electron chi connectivity index (χ2n) is 3.79. The Hall–Kier alpha value is -1.63. The average Bonchev–Trinajstić information content (AvgIpc) is 2.23. The molecule has 2 heterocycles. The van der Waals surface area contributed by atoms with E-state index in [1.807, 2.05) is 0 Å². The Morgan fingerprint density at radius 1 is 1.41 bits per heavy atom. The standard InChI is InChI=1S/C10H9F3N2O2/c11-10(12,13)6-1-2-8(14-3-6)9(17)15-4-7(16)5-15/h1-3,7,16H,4-5H2. The molecule has 0 saturated carbocycles. The molecule has 0 spiro atoms. The van der Waals surface area contributed by atoms with Crippen LogP contribution in [0.1, 0.15) is 16.1 Å². The van der Waals surface area contributed by atoms with Crippen LogP contribution in [0.5, 0.6) is 0 Å². The molecule has 1 aliphatic heterocycles. The van der Waals surface area contributed by atoms with Crippen LogP contribution in [0.15, 0.2) is 18.3 Å². The number of carbonyl (C=O) groups excluding carboxylic acids is 1. The van der Waals surface area contributed by atoms with E-state index in [-0.39, 0.29) is 18.8 Å². The number of halogens is 3. The van der Waals surface area contributed by atoms with Gasteiger partial charge in [0.1, 0.15) is 5.69 Å². The molecule has 4 nitrogen and oxygen atoms in total. The van der Waals surface area contributed by atoms with Crippen molar-refractivity contribution in [1.82, 2.24) is 9.88 Å². The molecule has 1 aliphatic rings. The third kappa shape index (κ3) is 2.38. The Labute approximate surface area is 94.7 Å². The first kappa shape index (κ1) is 11.8. The van der Waals surface area contributed by atoms with E-state index < -0.39 is 23.8 Å². The summed E-state index contributed by atoms with van der Waals surface area (Å²) in [4.78, 5) is 16.4. The number of hydrogen-bond donors (Lipinski definition) is 1. The van der Waals surface area contributed by atoms with Crippen LogP contribution in [0.3, 0.4) is 0 Å². The lowest BCUT2D eigenvalue weighted by molar-refractivity contribution is -0.137. The van der Waals surface area contributed by atoms with Crippen LogP contribution in [0.25, 0.3) is 0 Å². The van der Waals surface area contributed by atoms with Gasteiger partial charge in [0.25, 0.3) is 5.91 Å². The number of likely N-dealkylation sites (tertiary alicyclic amines) is 1. The molecule has 1 saturated heterocycles. The van der Waals surface area contributed by atoms with Crippen molar-refractivity contribution in [2.24, 2.45) is 0 Å². The smallest absolute Gasteiger partial charge is 0.389 e. The molecular formula is C10H9F3N2O2. The number of hydrogen-bond acceptors (Lipinski definition) is 3. The normalized spacial score (nSPS) is 16.8. The summed E-state index contributed by atoms with van der Waals surface area (Å²) in [5.41, 5.74) is -0.942. The number of nitrogens with zero attached hydrogens (tertiary/aromatic N) is 2. The van der Waals surface area contributed by atoms with Gasteiger partial charge in [0.2, 0.25) is 0 Å². The van der Waals surface area contributed by atoms with Crippen LogP contribution in [0, 0.1) is 0 Å². The second kappa shape index (κ2) is 3.99. The third-order valence-corrected chi connectivity index (χ3v) is 2.46. The van der Waals surface area contributed by atoms with Gasteiger partial charge in [-0.1, -0.05) is 0 Å². The molecule has 92 valence electrons. The predicted octanol–water partition coefficient (Wildman–Crippen LogP) is 0.917. The molecule has 17 heavy (non-hydrogen) atoms. The van der Waals surface area contributed by atoms with E-state index in [2.05, 4.69) is 4.98 Å². The number of amides is 1. The van der Waals surface area contributed by atoms with Gasteiger partial charge in [0, 0.05) is 19.3 Å². The summed E-state index contributed by atoms with van der Waals surface area (Å²) in [5, 5.41) is 9.00. The molecule has 0 atom stereocenters. The van der Waals surface area contributed by atoms with Crippen molar-refractivity contribution >= 4 is 5.91 Å². The number of aliphatic hydroxyl groups is 1. The van der Waals surface area contributed by atoms with Crippen LogP contribution in [-0.2, 0) is 6.18 Å². The molecule has 1 fully saturated rings. The Morgan fingerprint density at radius 3 is 2.47 bits per heavy atom. The van der Waals surface area contributed by atoms with Crippen molar-refractivity contribution in [3.8, 4) is 0 Å². The van der Waals surface area contributed by atoms with Crippen LogP contribution in [0.2, 0.25) is 0 Å². The van der Waals surface area contributed by atoms with Gasteiger partial charge in [-0.2, -0.15) is 13.2 Å². The summed E-state index contributed by atoms with van der Waals surface area (Å²) in [7, 11) is 0. The molecule has 2 rings (SSSR count). The highest BCUT2D eigenvalue weighted by Crippen LogP contribution is 2.28. The molecule has 0 aliphatic carbocycles. The minimum absolute atomic E-state index is 0.0510. The van der Waals surface area contributed by atoms with Crippen LogP contribution >= 0.6 is 0 Å². The SMILES string of the molecule is O=C(c1ccc(C(F)(F)F)cn1)N1CC(O)C1. The van der Waals surface area contributed by atoms with Crippen LogP contribution < -0.4 is 0 Å². The van der Waals surface area contributed by atoms with E-state index in [0.717, 1.165) is 12.1 Å². The molecule has 1 N–H and O–H groups in total. The number of aliphatic hydroxyl groups excluding tert-OH is 1. The second-order valence-corrected chi connectivity index (χ2v) is 3.79. The lowest BCUT2D eigenvalue weighted by Gasteiger charge is -2.35. The highest BCUT2D eigenvalue weighted by Gasteiger charge is 2.33. The maximum absolute atomic E-state index is 12.2. The fourth-order valence-corrected chi connectivity index (χ4v) is 1.47. The third-order valence-electron chi connectivity index (χ3n) is 2.46. The summed E-state index contributed by atoms with van der Waals surface area (Å²) in [6.45, 7) is 0.392. The summed E-state index contributed by atoms with van der Waals surface area (Å²) >= 11 is 0. The van der Waals surface area contributed by atoms with E-state index in [1.165, 1.54) is 4.90 Å². The van der Waals surface area contributed by atoms with Crippen molar-refractivity contribution in [2.45, 2.75) is 12.3 Å². The van der Waals surface area contributed by atoms with Gasteiger partial charge in [0.15, 0.2) is 0 Å². The van der Waals surface area contributed by atoms with E-state index in [1.54, 1.807) is 0 Å². The Bertz CT molecular complexity index is 424. The van der Waals surface area contributed by atoms with Crippen molar-refractivity contribution in [2.75, 3.05) is 13.1 Å². The van der Waals surface area contributed by atoms with Gasteiger partial charge < -0.3 is 10.0 Å². The van der Waals surface area contributed by atoms with Crippen LogP contribution in [0.4, 0.5) is 13.2 Å². The van der Waals surface area contributed by atoms with Crippen molar-refractivity contribution in [3.63, 3.8) is 0 Å². The summed E-state index contributed by atoms with van der Waals surface area (Å²) in [6, 6.07) is 1.85. The van der Waals surface area contributed by atoms with Gasteiger partial charge in [-0.3, -0.25) is 9.78 Å². The molecule has 0 radical (unpaired) electrons. The first-order chi connectivity index (χ1) is 7.88. The predicted molar refractivity (Wildman–Crippen MR) is 51.1 cm³/mol. The Balaban J connectivity index is 2.10. The quantitative estimate of drug-likeness (QED) is 0.801. The van der Waals surface area contributed by atoms with E-state index in [0.29, 0.717) is 6.20 Å². The number of pyridine rings is 1. The maximum Gasteiger partial charge on any atom is 0.417 e. The molecule has 1 aromatic rings. The van der Waals surface area contributed by atoms with E-state index in [4.69, 9.17) is 5.11 Å². The largest absolute Gasteiger partial charge is 0.417 e. The van der Waals surface area contributed by atoms with Crippen molar-refractivity contribution in [3.05, 3.63) is 29.6 Å². The van der Waals surface area contributed by atoms with Gasteiger partial charge in [-0.25, -0.2) is 0 Å². The number of rotatable bonds is 1. The lowest BCUT2D eigenvalue weighted by Crippen LogP contribution is -2.53. The summed E-state index contributed by atoms with van der Waals surface area (Å²) < 4.78 is 36.7. The molecule has 0 bridgehead atoms. The Morgan fingerprint density at radius 2 is 2.06 bits per heavy atom. The number of aromatic nitrogens is 1. The Kier molecular flexibility index (Phi) is 2.78. The first-order valence-corrected chi connectivity index (χ1v) is 4.88. The molecule has 1 amide bonds. The van der Waals surface area contributed by atoms with Gasteiger partial charge >= 0.3 is 6.18 Å².